The van der Waals surface area contributed by atoms with E-state index in [0.717, 1.165) is 38.9 Å². The summed E-state index contributed by atoms with van der Waals surface area (Å²) in [6, 6.07) is 9.02. The topological polar surface area (TPSA) is 35.5 Å². The van der Waals surface area contributed by atoms with E-state index in [4.69, 9.17) is 0 Å². The van der Waals surface area contributed by atoms with Gasteiger partial charge in [-0.3, -0.25) is 0 Å². The van der Waals surface area contributed by atoms with Crippen molar-refractivity contribution in [2.75, 3.05) is 26.7 Å². The molecule has 3 nitrogen and oxygen atoms in total. The van der Waals surface area contributed by atoms with Gasteiger partial charge in [-0.15, -0.1) is 0 Å². The quantitative estimate of drug-likeness (QED) is 0.867. The predicted octanol–water partition coefficient (Wildman–Crippen LogP) is 2.49. The second-order valence-electron chi connectivity index (χ2n) is 6.33. The molecule has 0 spiro atoms. The zero-order valence-electron chi connectivity index (χ0n) is 13.0. The standard InChI is InChI=1S/C17H28N2O/c1-14-6-4-5-7-15(14)16(18-3)8-11-19-12-9-17(2,20)10-13-19/h4-7,16,18,20H,8-13H2,1-3H3. The maximum atomic E-state index is 9.99. The molecule has 0 radical (unpaired) electrons. The Balaban J connectivity index is 1.88. The fourth-order valence-electron chi connectivity index (χ4n) is 3.00. The summed E-state index contributed by atoms with van der Waals surface area (Å²) < 4.78 is 0. The molecule has 1 aliphatic heterocycles. The predicted molar refractivity (Wildman–Crippen MR) is 83.9 cm³/mol. The highest BCUT2D eigenvalue weighted by atomic mass is 16.3. The summed E-state index contributed by atoms with van der Waals surface area (Å²) >= 11 is 0. The lowest BCUT2D eigenvalue weighted by atomic mass is 9.93. The molecular weight excluding hydrogens is 248 g/mol. The number of nitrogens with one attached hydrogen (secondary N) is 1. The van der Waals surface area contributed by atoms with E-state index in [1.807, 2.05) is 14.0 Å². The molecule has 0 aromatic heterocycles. The minimum absolute atomic E-state index is 0.415. The lowest BCUT2D eigenvalue weighted by Crippen LogP contribution is -2.43. The van der Waals surface area contributed by atoms with Crippen molar-refractivity contribution >= 4 is 0 Å². The average molecular weight is 276 g/mol. The van der Waals surface area contributed by atoms with Crippen molar-refractivity contribution in [3.63, 3.8) is 0 Å². The first-order chi connectivity index (χ1) is 9.52. The van der Waals surface area contributed by atoms with Gasteiger partial charge in [-0.05, 0) is 57.8 Å². The highest BCUT2D eigenvalue weighted by molar-refractivity contribution is 5.28. The van der Waals surface area contributed by atoms with Gasteiger partial charge in [0.2, 0.25) is 0 Å². The summed E-state index contributed by atoms with van der Waals surface area (Å²) in [6.45, 7) is 7.25. The van der Waals surface area contributed by atoms with Crippen LogP contribution in [-0.2, 0) is 0 Å². The SMILES string of the molecule is CNC(CCN1CCC(C)(O)CC1)c1ccccc1C. The smallest absolute Gasteiger partial charge is 0.0644 e. The summed E-state index contributed by atoms with van der Waals surface area (Å²) in [5, 5.41) is 13.4. The van der Waals surface area contributed by atoms with Crippen LogP contribution in [0.2, 0.25) is 0 Å². The minimum Gasteiger partial charge on any atom is -0.390 e. The molecule has 20 heavy (non-hydrogen) atoms. The van der Waals surface area contributed by atoms with Crippen molar-refractivity contribution in [3.05, 3.63) is 35.4 Å². The number of benzene rings is 1. The van der Waals surface area contributed by atoms with Crippen molar-refractivity contribution in [2.24, 2.45) is 0 Å². The Morgan fingerprint density at radius 1 is 1.30 bits per heavy atom. The summed E-state index contributed by atoms with van der Waals surface area (Å²) in [7, 11) is 2.04. The van der Waals surface area contributed by atoms with Crippen LogP contribution in [0.1, 0.15) is 43.4 Å². The molecule has 0 bridgehead atoms. The molecule has 1 atom stereocenters. The molecule has 1 aromatic carbocycles. The molecule has 1 aromatic rings. The minimum atomic E-state index is -0.449. The van der Waals surface area contributed by atoms with E-state index >= 15 is 0 Å². The first kappa shape index (κ1) is 15.5. The van der Waals surface area contributed by atoms with Gasteiger partial charge >= 0.3 is 0 Å². The second-order valence-corrected chi connectivity index (χ2v) is 6.33. The van der Waals surface area contributed by atoms with Crippen LogP contribution in [0.15, 0.2) is 24.3 Å². The monoisotopic (exact) mass is 276 g/mol. The van der Waals surface area contributed by atoms with Crippen molar-refractivity contribution in [2.45, 2.75) is 44.8 Å². The van der Waals surface area contributed by atoms with E-state index in [1.165, 1.54) is 11.1 Å². The molecule has 1 fully saturated rings. The summed E-state index contributed by atoms with van der Waals surface area (Å²) in [6.07, 6.45) is 2.90. The Bertz CT molecular complexity index is 421. The lowest BCUT2D eigenvalue weighted by molar-refractivity contribution is -0.00593. The zero-order valence-corrected chi connectivity index (χ0v) is 13.0. The van der Waals surface area contributed by atoms with Gasteiger partial charge in [0.05, 0.1) is 5.60 Å². The van der Waals surface area contributed by atoms with Gasteiger partial charge in [-0.25, -0.2) is 0 Å². The Kier molecular flexibility index (Phi) is 5.19. The first-order valence-corrected chi connectivity index (χ1v) is 7.69. The van der Waals surface area contributed by atoms with Crippen LogP contribution in [0.4, 0.5) is 0 Å². The fourth-order valence-corrected chi connectivity index (χ4v) is 3.00. The molecule has 1 heterocycles. The van der Waals surface area contributed by atoms with Crippen LogP contribution >= 0.6 is 0 Å². The molecule has 2 rings (SSSR count). The molecule has 112 valence electrons. The first-order valence-electron chi connectivity index (χ1n) is 7.69. The third-order valence-electron chi connectivity index (χ3n) is 4.58. The third kappa shape index (κ3) is 4.05. The van der Waals surface area contributed by atoms with Crippen molar-refractivity contribution in [1.29, 1.82) is 0 Å². The van der Waals surface area contributed by atoms with Gasteiger partial charge in [-0.1, -0.05) is 24.3 Å². The normalized spacial score (nSPS) is 20.8. The van der Waals surface area contributed by atoms with Gasteiger partial charge in [0.25, 0.3) is 0 Å². The summed E-state index contributed by atoms with van der Waals surface area (Å²) in [5.41, 5.74) is 2.31. The van der Waals surface area contributed by atoms with Gasteiger partial charge < -0.3 is 15.3 Å². The van der Waals surface area contributed by atoms with Crippen molar-refractivity contribution in [3.8, 4) is 0 Å². The Hall–Kier alpha value is -0.900. The lowest BCUT2D eigenvalue weighted by Gasteiger charge is -2.36. The van der Waals surface area contributed by atoms with Crippen LogP contribution in [0.3, 0.4) is 0 Å². The zero-order chi connectivity index (χ0) is 14.6. The number of nitrogens with zero attached hydrogens (tertiary/aromatic N) is 1. The third-order valence-corrected chi connectivity index (χ3v) is 4.58. The maximum absolute atomic E-state index is 9.99. The fraction of sp³-hybridized carbons (Fsp3) is 0.647. The number of hydrogen-bond acceptors (Lipinski definition) is 3. The molecule has 0 saturated carbocycles. The highest BCUT2D eigenvalue weighted by Crippen LogP contribution is 2.24. The number of aliphatic hydroxyl groups is 1. The highest BCUT2D eigenvalue weighted by Gasteiger charge is 2.27. The van der Waals surface area contributed by atoms with Crippen molar-refractivity contribution in [1.82, 2.24) is 10.2 Å². The van der Waals surface area contributed by atoms with Crippen LogP contribution in [0, 0.1) is 6.92 Å². The van der Waals surface area contributed by atoms with Gasteiger partial charge in [0, 0.05) is 19.1 Å². The van der Waals surface area contributed by atoms with E-state index in [2.05, 4.69) is 41.4 Å². The number of likely N-dealkylation sites (tertiary alicyclic amines) is 1. The molecular formula is C17H28N2O. The Labute approximate surface area is 123 Å². The Morgan fingerprint density at radius 2 is 1.95 bits per heavy atom. The van der Waals surface area contributed by atoms with Crippen molar-refractivity contribution < 1.29 is 5.11 Å². The van der Waals surface area contributed by atoms with E-state index < -0.39 is 5.60 Å². The molecule has 1 aliphatic rings. The molecule has 3 heteroatoms. The number of aryl methyl sites for hydroxylation is 1. The number of rotatable bonds is 5. The molecule has 0 aliphatic carbocycles. The summed E-state index contributed by atoms with van der Waals surface area (Å²) in [5.74, 6) is 0. The van der Waals surface area contributed by atoms with Crippen LogP contribution < -0.4 is 5.32 Å². The van der Waals surface area contributed by atoms with Gasteiger partial charge in [0.15, 0.2) is 0 Å². The number of hydrogen-bond donors (Lipinski definition) is 2. The largest absolute Gasteiger partial charge is 0.390 e. The van der Waals surface area contributed by atoms with Gasteiger partial charge in [0.1, 0.15) is 0 Å². The molecule has 2 N–H and O–H groups in total. The van der Waals surface area contributed by atoms with E-state index in [0.29, 0.717) is 6.04 Å². The Morgan fingerprint density at radius 3 is 2.55 bits per heavy atom. The molecule has 1 saturated heterocycles. The van der Waals surface area contributed by atoms with E-state index in [9.17, 15) is 5.11 Å². The summed E-state index contributed by atoms with van der Waals surface area (Å²) in [4.78, 5) is 2.47. The molecule has 1 unspecified atom stereocenters. The number of piperidine rings is 1. The van der Waals surface area contributed by atoms with E-state index in [1.54, 1.807) is 0 Å². The van der Waals surface area contributed by atoms with Crippen LogP contribution in [0.25, 0.3) is 0 Å². The maximum Gasteiger partial charge on any atom is 0.0644 e. The average Bonchev–Trinajstić information content (AvgIpc) is 2.43. The second kappa shape index (κ2) is 6.70. The molecule has 0 amide bonds. The van der Waals surface area contributed by atoms with Gasteiger partial charge in [-0.2, -0.15) is 0 Å². The van der Waals surface area contributed by atoms with Crippen LogP contribution in [0.5, 0.6) is 0 Å². The van der Waals surface area contributed by atoms with Crippen LogP contribution in [-0.4, -0.2) is 42.3 Å². The van der Waals surface area contributed by atoms with E-state index in [-0.39, 0.29) is 0 Å².